The van der Waals surface area contributed by atoms with Crippen LogP contribution in [0.1, 0.15) is 22.7 Å². The van der Waals surface area contributed by atoms with E-state index in [2.05, 4.69) is 17.0 Å². The lowest BCUT2D eigenvalue weighted by Gasteiger charge is -2.31. The zero-order chi connectivity index (χ0) is 21.9. The molecule has 2 aromatic rings. The highest BCUT2D eigenvalue weighted by Gasteiger charge is 2.51. The number of allylic oxidation sites excluding steroid dienone is 1. The van der Waals surface area contributed by atoms with E-state index in [-0.39, 0.29) is 36.9 Å². The van der Waals surface area contributed by atoms with Gasteiger partial charge in [-0.2, -0.15) is 0 Å². The van der Waals surface area contributed by atoms with Crippen molar-refractivity contribution in [1.82, 2.24) is 4.90 Å². The Bertz CT molecular complexity index is 1080. The van der Waals surface area contributed by atoms with Crippen LogP contribution in [0.3, 0.4) is 0 Å². The highest BCUT2D eigenvalue weighted by Crippen LogP contribution is 2.53. The molecule has 5 rings (SSSR count). The topological polar surface area (TPSA) is 12.5 Å². The van der Waals surface area contributed by atoms with Gasteiger partial charge < -0.3 is 4.74 Å². The molecule has 4 atom stereocenters. The summed E-state index contributed by atoms with van der Waals surface area (Å²) in [5, 5.41) is 0. The first kappa shape index (κ1) is 20.2. The van der Waals surface area contributed by atoms with Crippen LogP contribution in [-0.2, 0) is 17.6 Å². The van der Waals surface area contributed by atoms with Crippen LogP contribution in [0.2, 0.25) is 0 Å². The molecule has 7 heteroatoms. The fraction of sp³-hybridized carbons (Fsp3) is 0.333. The SMILES string of the molecule is COC1=CC2C3Cc4ccccc4C3N(CCc3c(F)c(F)c(F)c(F)c3F)C2C=C1. The van der Waals surface area contributed by atoms with E-state index in [0.717, 1.165) is 17.7 Å². The van der Waals surface area contributed by atoms with Crippen molar-refractivity contribution >= 4 is 0 Å². The molecule has 1 heterocycles. The number of fused-ring (bicyclic) bond motifs is 5. The average Bonchev–Trinajstić information content (AvgIpc) is 3.31. The van der Waals surface area contributed by atoms with Gasteiger partial charge in [-0.1, -0.05) is 30.3 Å². The molecule has 0 spiro atoms. The third-order valence-electron chi connectivity index (χ3n) is 6.83. The number of ether oxygens (including phenoxy) is 1. The van der Waals surface area contributed by atoms with Crippen LogP contribution >= 0.6 is 0 Å². The molecule has 1 saturated heterocycles. The summed E-state index contributed by atoms with van der Waals surface area (Å²) in [7, 11) is 1.60. The zero-order valence-electron chi connectivity index (χ0n) is 16.7. The number of hydrogen-bond donors (Lipinski definition) is 0. The number of halogens is 5. The van der Waals surface area contributed by atoms with Crippen LogP contribution in [0.25, 0.3) is 0 Å². The van der Waals surface area contributed by atoms with Crippen molar-refractivity contribution in [2.45, 2.75) is 24.9 Å². The maximum atomic E-state index is 14.2. The summed E-state index contributed by atoms with van der Waals surface area (Å²) in [4.78, 5) is 2.12. The van der Waals surface area contributed by atoms with Gasteiger partial charge in [0.25, 0.3) is 0 Å². The largest absolute Gasteiger partial charge is 0.497 e. The van der Waals surface area contributed by atoms with Crippen molar-refractivity contribution in [1.29, 1.82) is 0 Å². The third-order valence-corrected chi connectivity index (χ3v) is 6.83. The Hall–Kier alpha value is -2.67. The number of nitrogens with zero attached hydrogens (tertiary/aromatic N) is 1. The number of hydrogen-bond acceptors (Lipinski definition) is 2. The number of likely N-dealkylation sites (tertiary alicyclic amines) is 1. The lowest BCUT2D eigenvalue weighted by molar-refractivity contribution is 0.206. The minimum absolute atomic E-state index is 0.00423. The van der Waals surface area contributed by atoms with Crippen molar-refractivity contribution in [3.63, 3.8) is 0 Å². The number of rotatable bonds is 4. The van der Waals surface area contributed by atoms with E-state index in [1.54, 1.807) is 7.11 Å². The molecule has 1 aliphatic heterocycles. The predicted octanol–water partition coefficient (Wildman–Crippen LogP) is 5.24. The molecule has 2 nitrogen and oxygen atoms in total. The van der Waals surface area contributed by atoms with Crippen molar-refractivity contribution < 1.29 is 26.7 Å². The Kier molecular flexibility index (Phi) is 4.88. The van der Waals surface area contributed by atoms with Gasteiger partial charge in [0.05, 0.1) is 7.11 Å². The van der Waals surface area contributed by atoms with Crippen LogP contribution in [0.5, 0.6) is 0 Å². The molecular formula is C24H20F5NO. The Morgan fingerprint density at radius 2 is 1.65 bits per heavy atom. The van der Waals surface area contributed by atoms with Gasteiger partial charge in [0.2, 0.25) is 5.82 Å². The van der Waals surface area contributed by atoms with Crippen LogP contribution in [0.15, 0.2) is 48.3 Å². The Morgan fingerprint density at radius 3 is 2.35 bits per heavy atom. The van der Waals surface area contributed by atoms with E-state index >= 15 is 0 Å². The van der Waals surface area contributed by atoms with Crippen molar-refractivity contribution in [2.75, 3.05) is 13.7 Å². The highest BCUT2D eigenvalue weighted by molar-refractivity contribution is 5.41. The maximum absolute atomic E-state index is 14.2. The summed E-state index contributed by atoms with van der Waals surface area (Å²) in [6.45, 7) is 0.162. The van der Waals surface area contributed by atoms with Crippen LogP contribution < -0.4 is 0 Å². The fourth-order valence-electron chi connectivity index (χ4n) is 5.47. The first-order valence-electron chi connectivity index (χ1n) is 10.2. The van der Waals surface area contributed by atoms with Gasteiger partial charge in [0, 0.05) is 30.1 Å². The van der Waals surface area contributed by atoms with Crippen molar-refractivity contribution in [3.05, 3.63) is 94.0 Å². The first-order valence-corrected chi connectivity index (χ1v) is 10.2. The minimum atomic E-state index is -2.13. The molecule has 162 valence electrons. The van der Waals surface area contributed by atoms with Gasteiger partial charge in [-0.25, -0.2) is 22.0 Å². The molecular weight excluding hydrogens is 413 g/mol. The lowest BCUT2D eigenvalue weighted by atomic mass is 9.84. The van der Waals surface area contributed by atoms with Gasteiger partial charge in [-0.15, -0.1) is 0 Å². The van der Waals surface area contributed by atoms with E-state index in [0.29, 0.717) is 0 Å². The number of benzene rings is 2. The van der Waals surface area contributed by atoms with Gasteiger partial charge in [-0.3, -0.25) is 4.90 Å². The summed E-state index contributed by atoms with van der Waals surface area (Å²) < 4.78 is 74.6. The van der Waals surface area contributed by atoms with Gasteiger partial charge in [0.1, 0.15) is 5.76 Å². The van der Waals surface area contributed by atoms with Crippen LogP contribution in [0.4, 0.5) is 22.0 Å². The standard InChI is InChI=1S/C24H20F5NO/c1-31-13-6-7-18-16(11-13)17-10-12-4-2-3-5-14(12)24(17)30(18)9-8-15-19(25)21(27)23(29)22(28)20(15)26/h2-7,11,16-18,24H,8-10H2,1H3. The van der Waals surface area contributed by atoms with Gasteiger partial charge >= 0.3 is 0 Å². The molecule has 0 amide bonds. The molecule has 0 saturated carbocycles. The quantitative estimate of drug-likeness (QED) is 0.372. The monoisotopic (exact) mass is 433 g/mol. The van der Waals surface area contributed by atoms with E-state index < -0.39 is 34.6 Å². The summed E-state index contributed by atoms with van der Waals surface area (Å²) in [6, 6.07) is 8.02. The summed E-state index contributed by atoms with van der Waals surface area (Å²) in [5.41, 5.74) is 1.61. The summed E-state index contributed by atoms with van der Waals surface area (Å²) in [6.07, 6.45) is 6.52. The van der Waals surface area contributed by atoms with Crippen molar-refractivity contribution in [3.8, 4) is 0 Å². The first-order chi connectivity index (χ1) is 14.9. The minimum Gasteiger partial charge on any atom is -0.497 e. The van der Waals surface area contributed by atoms with Crippen molar-refractivity contribution in [2.24, 2.45) is 11.8 Å². The molecule has 0 radical (unpaired) electrons. The second-order valence-electron chi connectivity index (χ2n) is 8.25. The maximum Gasteiger partial charge on any atom is 0.200 e. The average molecular weight is 433 g/mol. The van der Waals surface area contributed by atoms with Gasteiger partial charge in [-0.05, 0) is 42.0 Å². The molecule has 4 unspecified atom stereocenters. The van der Waals surface area contributed by atoms with E-state index in [9.17, 15) is 22.0 Å². The molecule has 0 N–H and O–H groups in total. The molecule has 0 aromatic heterocycles. The van der Waals surface area contributed by atoms with Crippen LogP contribution in [0, 0.1) is 40.9 Å². The number of methoxy groups -OCH3 is 1. The van der Waals surface area contributed by atoms with Gasteiger partial charge in [0.15, 0.2) is 23.3 Å². The summed E-state index contributed by atoms with van der Waals surface area (Å²) >= 11 is 0. The van der Waals surface area contributed by atoms with E-state index in [4.69, 9.17) is 4.74 Å². The molecule has 31 heavy (non-hydrogen) atoms. The van der Waals surface area contributed by atoms with Crippen LogP contribution in [-0.4, -0.2) is 24.6 Å². The second-order valence-corrected chi connectivity index (χ2v) is 8.25. The van der Waals surface area contributed by atoms with E-state index in [1.165, 1.54) is 5.56 Å². The Labute approximate surface area is 176 Å². The molecule has 2 aliphatic carbocycles. The molecule has 2 aromatic carbocycles. The predicted molar refractivity (Wildman–Crippen MR) is 105 cm³/mol. The normalized spacial score (nSPS) is 26.5. The Morgan fingerprint density at radius 1 is 0.968 bits per heavy atom. The second kappa shape index (κ2) is 7.48. The van der Waals surface area contributed by atoms with E-state index in [1.807, 2.05) is 30.4 Å². The third kappa shape index (κ3) is 3.01. The fourth-order valence-corrected chi connectivity index (χ4v) is 5.47. The Balaban J connectivity index is 1.50. The molecule has 0 bridgehead atoms. The smallest absolute Gasteiger partial charge is 0.200 e. The highest BCUT2D eigenvalue weighted by atomic mass is 19.2. The molecule has 1 fully saturated rings. The lowest BCUT2D eigenvalue weighted by Crippen LogP contribution is -2.35. The zero-order valence-corrected chi connectivity index (χ0v) is 16.7. The molecule has 3 aliphatic rings. The summed E-state index contributed by atoms with van der Waals surface area (Å²) in [5.74, 6) is -8.30.